The molecular formula is C17H23N5O2. The van der Waals surface area contributed by atoms with Crippen LogP contribution in [-0.2, 0) is 0 Å². The molecular weight excluding hydrogens is 306 g/mol. The Morgan fingerprint density at radius 1 is 1.25 bits per heavy atom. The van der Waals surface area contributed by atoms with E-state index in [0.717, 1.165) is 25.3 Å². The average Bonchev–Trinajstić information content (AvgIpc) is 2.60. The lowest BCUT2D eigenvalue weighted by Gasteiger charge is -2.17. The van der Waals surface area contributed by atoms with E-state index in [1.54, 1.807) is 0 Å². The number of carbonyl (C=O) groups excluding carboxylic acids is 1. The first kappa shape index (κ1) is 17.7. The van der Waals surface area contributed by atoms with Gasteiger partial charge in [-0.2, -0.15) is 0 Å². The first-order chi connectivity index (χ1) is 11.6. The summed E-state index contributed by atoms with van der Waals surface area (Å²) in [4.78, 5) is 21.4. The second-order valence-electron chi connectivity index (χ2n) is 5.37. The summed E-state index contributed by atoms with van der Waals surface area (Å²) in [6, 6.07) is 11.3. The molecule has 3 N–H and O–H groups in total. The van der Waals surface area contributed by atoms with Crippen LogP contribution in [0.3, 0.4) is 0 Å². The average molecular weight is 329 g/mol. The first-order valence-electron chi connectivity index (χ1n) is 7.88. The van der Waals surface area contributed by atoms with E-state index in [1.807, 2.05) is 30.3 Å². The molecule has 0 aliphatic carbocycles. The second-order valence-corrected chi connectivity index (χ2v) is 5.37. The molecule has 1 heterocycles. The SMILES string of the molecule is CN(CCCNc1nccc(C(N)=O)n1)CCOc1ccccc1. The van der Waals surface area contributed by atoms with Gasteiger partial charge in [0.2, 0.25) is 5.95 Å². The number of para-hydroxylation sites is 1. The van der Waals surface area contributed by atoms with Crippen LogP contribution in [0.1, 0.15) is 16.9 Å². The molecule has 0 aliphatic rings. The van der Waals surface area contributed by atoms with Crippen LogP contribution in [0.2, 0.25) is 0 Å². The number of carbonyl (C=O) groups is 1. The highest BCUT2D eigenvalue weighted by atomic mass is 16.5. The van der Waals surface area contributed by atoms with E-state index >= 15 is 0 Å². The maximum absolute atomic E-state index is 11.1. The quantitative estimate of drug-likeness (QED) is 0.640. The van der Waals surface area contributed by atoms with E-state index < -0.39 is 5.91 Å². The third kappa shape index (κ3) is 6.21. The molecule has 1 aromatic heterocycles. The number of rotatable bonds is 10. The van der Waals surface area contributed by atoms with Crippen molar-refractivity contribution in [3.8, 4) is 5.75 Å². The summed E-state index contributed by atoms with van der Waals surface area (Å²) in [5, 5.41) is 3.09. The number of hydrogen-bond donors (Lipinski definition) is 2. The Balaban J connectivity index is 1.60. The number of primary amides is 1. The molecule has 0 atom stereocenters. The fourth-order valence-electron chi connectivity index (χ4n) is 2.08. The fourth-order valence-corrected chi connectivity index (χ4v) is 2.08. The van der Waals surface area contributed by atoms with Crippen molar-refractivity contribution in [3.05, 3.63) is 48.3 Å². The Morgan fingerprint density at radius 2 is 2.04 bits per heavy atom. The molecule has 0 bridgehead atoms. The minimum atomic E-state index is -0.557. The minimum absolute atomic E-state index is 0.211. The zero-order valence-corrected chi connectivity index (χ0v) is 13.8. The molecule has 2 rings (SSSR count). The van der Waals surface area contributed by atoms with Crippen LogP contribution >= 0.6 is 0 Å². The van der Waals surface area contributed by atoms with Crippen LogP contribution < -0.4 is 15.8 Å². The van der Waals surface area contributed by atoms with Crippen molar-refractivity contribution in [2.45, 2.75) is 6.42 Å². The fraction of sp³-hybridized carbons (Fsp3) is 0.353. The van der Waals surface area contributed by atoms with Crippen LogP contribution in [0.5, 0.6) is 5.75 Å². The molecule has 2 aromatic rings. The molecule has 0 spiro atoms. The Hall–Kier alpha value is -2.67. The van der Waals surface area contributed by atoms with Gasteiger partial charge in [0.1, 0.15) is 18.1 Å². The maximum Gasteiger partial charge on any atom is 0.267 e. The highest BCUT2D eigenvalue weighted by molar-refractivity contribution is 5.90. The first-order valence-corrected chi connectivity index (χ1v) is 7.88. The number of amides is 1. The van der Waals surface area contributed by atoms with Gasteiger partial charge in [-0.1, -0.05) is 18.2 Å². The van der Waals surface area contributed by atoms with Gasteiger partial charge in [-0.15, -0.1) is 0 Å². The van der Waals surface area contributed by atoms with Gasteiger partial charge >= 0.3 is 0 Å². The molecule has 24 heavy (non-hydrogen) atoms. The largest absolute Gasteiger partial charge is 0.492 e. The smallest absolute Gasteiger partial charge is 0.267 e. The number of anilines is 1. The predicted octanol–water partition coefficient (Wildman–Crippen LogP) is 1.39. The summed E-state index contributed by atoms with van der Waals surface area (Å²) in [6.45, 7) is 3.13. The number of hydrogen-bond acceptors (Lipinski definition) is 6. The molecule has 7 heteroatoms. The minimum Gasteiger partial charge on any atom is -0.492 e. The predicted molar refractivity (Wildman–Crippen MR) is 93.1 cm³/mol. The maximum atomic E-state index is 11.1. The van der Waals surface area contributed by atoms with E-state index in [1.165, 1.54) is 12.3 Å². The molecule has 0 saturated heterocycles. The normalized spacial score (nSPS) is 10.6. The number of ether oxygens (including phenoxy) is 1. The van der Waals surface area contributed by atoms with Crippen LogP contribution in [0.4, 0.5) is 5.95 Å². The van der Waals surface area contributed by atoms with Gasteiger partial charge in [-0.3, -0.25) is 4.79 Å². The number of nitrogens with zero attached hydrogens (tertiary/aromatic N) is 3. The molecule has 0 aliphatic heterocycles. The summed E-state index contributed by atoms with van der Waals surface area (Å²) in [5.41, 5.74) is 5.40. The van der Waals surface area contributed by atoms with Crippen LogP contribution in [-0.4, -0.2) is 54.1 Å². The molecule has 0 saturated carbocycles. The van der Waals surface area contributed by atoms with Crippen molar-refractivity contribution in [1.82, 2.24) is 14.9 Å². The van der Waals surface area contributed by atoms with Gasteiger partial charge in [0.05, 0.1) is 0 Å². The van der Waals surface area contributed by atoms with E-state index in [9.17, 15) is 4.79 Å². The molecule has 128 valence electrons. The standard InChI is InChI=1S/C17H23N5O2/c1-22(12-13-24-14-6-3-2-4-7-14)11-5-9-19-17-20-10-8-15(21-17)16(18)23/h2-4,6-8,10H,5,9,11-13H2,1H3,(H2,18,23)(H,19,20,21). The van der Waals surface area contributed by atoms with Gasteiger partial charge in [0, 0.05) is 19.3 Å². The van der Waals surface area contributed by atoms with E-state index in [4.69, 9.17) is 10.5 Å². The summed E-state index contributed by atoms with van der Waals surface area (Å²) in [6.07, 6.45) is 2.44. The van der Waals surface area contributed by atoms with Crippen molar-refractivity contribution in [2.24, 2.45) is 5.73 Å². The zero-order valence-electron chi connectivity index (χ0n) is 13.8. The molecule has 0 fully saturated rings. The molecule has 1 amide bonds. The van der Waals surface area contributed by atoms with Crippen LogP contribution in [0.15, 0.2) is 42.6 Å². The van der Waals surface area contributed by atoms with Crippen molar-refractivity contribution in [1.29, 1.82) is 0 Å². The number of aromatic nitrogens is 2. The van der Waals surface area contributed by atoms with Crippen LogP contribution in [0, 0.1) is 0 Å². The summed E-state index contributed by atoms with van der Waals surface area (Å²) < 4.78 is 5.67. The third-order valence-electron chi connectivity index (χ3n) is 3.39. The van der Waals surface area contributed by atoms with E-state index in [0.29, 0.717) is 19.1 Å². The lowest BCUT2D eigenvalue weighted by atomic mass is 10.3. The van der Waals surface area contributed by atoms with Crippen LogP contribution in [0.25, 0.3) is 0 Å². The van der Waals surface area contributed by atoms with Gasteiger partial charge in [0.25, 0.3) is 5.91 Å². The number of benzene rings is 1. The van der Waals surface area contributed by atoms with E-state index in [2.05, 4.69) is 27.2 Å². The van der Waals surface area contributed by atoms with Gasteiger partial charge in [-0.05, 0) is 38.2 Å². The Morgan fingerprint density at radius 3 is 2.79 bits per heavy atom. The zero-order chi connectivity index (χ0) is 17.2. The number of likely N-dealkylation sites (N-methyl/N-ethyl adjacent to an activating group) is 1. The van der Waals surface area contributed by atoms with Gasteiger partial charge < -0.3 is 20.7 Å². The monoisotopic (exact) mass is 329 g/mol. The second kappa shape index (κ2) is 9.46. The molecule has 1 aromatic carbocycles. The van der Waals surface area contributed by atoms with Gasteiger partial charge in [0.15, 0.2) is 0 Å². The lowest BCUT2D eigenvalue weighted by molar-refractivity contribution is 0.0995. The summed E-state index contributed by atoms with van der Waals surface area (Å²) in [7, 11) is 2.05. The van der Waals surface area contributed by atoms with Crippen molar-refractivity contribution in [2.75, 3.05) is 38.6 Å². The Bertz CT molecular complexity index is 636. The molecule has 0 unspecified atom stereocenters. The van der Waals surface area contributed by atoms with Gasteiger partial charge in [-0.25, -0.2) is 9.97 Å². The van der Waals surface area contributed by atoms with Crippen molar-refractivity contribution < 1.29 is 9.53 Å². The number of nitrogens with two attached hydrogens (primary N) is 1. The lowest BCUT2D eigenvalue weighted by Crippen LogP contribution is -2.26. The highest BCUT2D eigenvalue weighted by Gasteiger charge is 2.04. The Labute approximate surface area is 141 Å². The third-order valence-corrected chi connectivity index (χ3v) is 3.39. The highest BCUT2D eigenvalue weighted by Crippen LogP contribution is 2.07. The molecule has 7 nitrogen and oxygen atoms in total. The summed E-state index contributed by atoms with van der Waals surface area (Å²) in [5.74, 6) is 0.749. The van der Waals surface area contributed by atoms with Crippen molar-refractivity contribution in [3.63, 3.8) is 0 Å². The Kier molecular flexibility index (Phi) is 6.97. The molecule has 0 radical (unpaired) electrons. The summed E-state index contributed by atoms with van der Waals surface area (Å²) >= 11 is 0. The topological polar surface area (TPSA) is 93.4 Å². The van der Waals surface area contributed by atoms with Crippen molar-refractivity contribution >= 4 is 11.9 Å². The van der Waals surface area contributed by atoms with E-state index in [-0.39, 0.29) is 5.69 Å². The number of nitrogens with one attached hydrogen (secondary N) is 1.